The first-order chi connectivity index (χ1) is 4.83. The van der Waals surface area contributed by atoms with Gasteiger partial charge in [0.2, 0.25) is 0 Å². The largest absolute Gasteiger partial charge is 0.358 e. The van der Waals surface area contributed by atoms with Crippen LogP contribution in [0.25, 0.3) is 0 Å². The number of hydrazone groups is 1. The fourth-order valence-corrected chi connectivity index (χ4v) is 0.795. The lowest BCUT2D eigenvalue weighted by Gasteiger charge is -2.08. The molecule has 10 heavy (non-hydrogen) atoms. The number of nitrogens with zero attached hydrogens (tertiary/aromatic N) is 2. The second-order valence-electron chi connectivity index (χ2n) is 2.46. The zero-order chi connectivity index (χ0) is 7.40. The van der Waals surface area contributed by atoms with Crippen LogP contribution in [0.2, 0.25) is 0 Å². The summed E-state index contributed by atoms with van der Waals surface area (Å²) in [5.74, 6) is 0. The van der Waals surface area contributed by atoms with E-state index in [0.717, 1.165) is 19.6 Å². The minimum absolute atomic E-state index is 0.664. The van der Waals surface area contributed by atoms with Crippen LogP contribution in [0.5, 0.6) is 0 Å². The molecule has 1 aliphatic heterocycles. The van der Waals surface area contributed by atoms with Gasteiger partial charge in [-0.3, -0.25) is 5.01 Å². The molecule has 0 aromatic rings. The number of ether oxygens (including phenoxy) is 1. The summed E-state index contributed by atoms with van der Waals surface area (Å²) < 4.78 is 5.12. The van der Waals surface area contributed by atoms with E-state index in [2.05, 4.69) is 12.0 Å². The molecular formula is C7H14N2O. The van der Waals surface area contributed by atoms with Crippen molar-refractivity contribution in [1.29, 1.82) is 0 Å². The molecule has 0 spiro atoms. The summed E-state index contributed by atoms with van der Waals surface area (Å²) >= 11 is 0. The summed E-state index contributed by atoms with van der Waals surface area (Å²) in [6, 6.07) is 0. The molecule has 1 saturated heterocycles. The summed E-state index contributed by atoms with van der Waals surface area (Å²) in [5, 5.41) is 6.28. The van der Waals surface area contributed by atoms with Gasteiger partial charge in [0.25, 0.3) is 0 Å². The summed E-state index contributed by atoms with van der Waals surface area (Å²) in [5.41, 5.74) is 1.17. The third kappa shape index (κ3) is 1.99. The molecule has 1 fully saturated rings. The molecule has 0 aromatic carbocycles. The van der Waals surface area contributed by atoms with Gasteiger partial charge in [0.1, 0.15) is 6.73 Å². The van der Waals surface area contributed by atoms with E-state index in [1.54, 1.807) is 0 Å². The number of hydrogen-bond donors (Lipinski definition) is 0. The van der Waals surface area contributed by atoms with Crippen molar-refractivity contribution in [1.82, 2.24) is 5.01 Å². The van der Waals surface area contributed by atoms with E-state index in [-0.39, 0.29) is 0 Å². The zero-order valence-electron chi connectivity index (χ0n) is 6.63. The van der Waals surface area contributed by atoms with E-state index in [0.29, 0.717) is 6.73 Å². The van der Waals surface area contributed by atoms with Crippen molar-refractivity contribution >= 4 is 5.71 Å². The Balaban J connectivity index is 2.34. The molecule has 58 valence electrons. The van der Waals surface area contributed by atoms with Gasteiger partial charge in [0.15, 0.2) is 0 Å². The minimum atomic E-state index is 0.664. The van der Waals surface area contributed by atoms with Crippen LogP contribution in [-0.2, 0) is 4.74 Å². The van der Waals surface area contributed by atoms with Gasteiger partial charge in [-0.2, -0.15) is 5.10 Å². The average Bonchev–Trinajstić information content (AvgIpc) is 2.40. The highest BCUT2D eigenvalue weighted by Gasteiger charge is 2.07. The molecule has 0 aromatic heterocycles. The molecule has 0 N–H and O–H groups in total. The van der Waals surface area contributed by atoms with E-state index >= 15 is 0 Å². The Bertz CT molecular complexity index is 128. The Hall–Kier alpha value is -0.570. The number of rotatable bonds is 2. The lowest BCUT2D eigenvalue weighted by atomic mass is 10.3. The SMILES string of the molecule is CC/C(C)=N\N1CCOC1. The lowest BCUT2D eigenvalue weighted by molar-refractivity contribution is 0.143. The normalized spacial score (nSPS) is 20.2. The van der Waals surface area contributed by atoms with Gasteiger partial charge in [0, 0.05) is 5.71 Å². The highest BCUT2D eigenvalue weighted by molar-refractivity contribution is 5.81. The summed E-state index contributed by atoms with van der Waals surface area (Å²) in [4.78, 5) is 0. The van der Waals surface area contributed by atoms with Gasteiger partial charge in [-0.15, -0.1) is 0 Å². The van der Waals surface area contributed by atoms with E-state index in [1.165, 1.54) is 5.71 Å². The molecule has 0 bridgehead atoms. The predicted octanol–water partition coefficient (Wildman–Crippen LogP) is 1.06. The topological polar surface area (TPSA) is 24.8 Å². The number of hydrogen-bond acceptors (Lipinski definition) is 3. The van der Waals surface area contributed by atoms with E-state index < -0.39 is 0 Å². The third-order valence-electron chi connectivity index (χ3n) is 1.56. The molecule has 1 rings (SSSR count). The second kappa shape index (κ2) is 3.56. The molecule has 3 nitrogen and oxygen atoms in total. The maximum atomic E-state index is 5.12. The first kappa shape index (κ1) is 7.54. The molecule has 0 saturated carbocycles. The van der Waals surface area contributed by atoms with Crippen LogP contribution in [0.4, 0.5) is 0 Å². The monoisotopic (exact) mass is 142 g/mol. The Morgan fingerprint density at radius 2 is 2.50 bits per heavy atom. The Morgan fingerprint density at radius 3 is 3.00 bits per heavy atom. The molecule has 0 radical (unpaired) electrons. The highest BCUT2D eigenvalue weighted by Crippen LogP contribution is 2.00. The van der Waals surface area contributed by atoms with E-state index in [9.17, 15) is 0 Å². The molecule has 1 aliphatic rings. The third-order valence-corrected chi connectivity index (χ3v) is 1.56. The molecule has 0 aliphatic carbocycles. The van der Waals surface area contributed by atoms with Crippen LogP contribution in [-0.4, -0.2) is 30.6 Å². The van der Waals surface area contributed by atoms with E-state index in [4.69, 9.17) is 4.74 Å². The molecule has 0 amide bonds. The van der Waals surface area contributed by atoms with Crippen molar-refractivity contribution in [3.63, 3.8) is 0 Å². The van der Waals surface area contributed by atoms with Crippen LogP contribution >= 0.6 is 0 Å². The van der Waals surface area contributed by atoms with Crippen molar-refractivity contribution in [2.45, 2.75) is 20.3 Å². The van der Waals surface area contributed by atoms with Gasteiger partial charge in [0.05, 0.1) is 13.2 Å². The molecule has 0 unspecified atom stereocenters. The fraction of sp³-hybridized carbons (Fsp3) is 0.857. The van der Waals surface area contributed by atoms with Gasteiger partial charge < -0.3 is 4.74 Å². The van der Waals surface area contributed by atoms with Crippen LogP contribution in [0.1, 0.15) is 20.3 Å². The van der Waals surface area contributed by atoms with Gasteiger partial charge in [-0.1, -0.05) is 6.92 Å². The Labute approximate surface area is 61.7 Å². The Kier molecular flexibility index (Phi) is 2.68. The first-order valence-corrected chi connectivity index (χ1v) is 3.69. The highest BCUT2D eigenvalue weighted by atomic mass is 16.5. The van der Waals surface area contributed by atoms with Crippen molar-refractivity contribution in [2.24, 2.45) is 5.10 Å². The van der Waals surface area contributed by atoms with Gasteiger partial charge >= 0.3 is 0 Å². The van der Waals surface area contributed by atoms with Crippen molar-refractivity contribution in [3.8, 4) is 0 Å². The van der Waals surface area contributed by atoms with Crippen molar-refractivity contribution in [2.75, 3.05) is 19.9 Å². The summed E-state index contributed by atoms with van der Waals surface area (Å²) in [6.07, 6.45) is 1.02. The zero-order valence-corrected chi connectivity index (χ0v) is 6.63. The van der Waals surface area contributed by atoms with Crippen LogP contribution in [0.15, 0.2) is 5.10 Å². The summed E-state index contributed by atoms with van der Waals surface area (Å²) in [6.45, 7) is 6.57. The fourth-order valence-electron chi connectivity index (χ4n) is 0.795. The summed E-state index contributed by atoms with van der Waals surface area (Å²) in [7, 11) is 0. The molecule has 3 heteroatoms. The smallest absolute Gasteiger partial charge is 0.135 e. The lowest BCUT2D eigenvalue weighted by Crippen LogP contribution is -2.14. The molecule has 1 heterocycles. The first-order valence-electron chi connectivity index (χ1n) is 3.69. The quantitative estimate of drug-likeness (QED) is 0.538. The minimum Gasteiger partial charge on any atom is -0.358 e. The van der Waals surface area contributed by atoms with Crippen molar-refractivity contribution < 1.29 is 4.74 Å². The van der Waals surface area contributed by atoms with Crippen LogP contribution < -0.4 is 0 Å². The predicted molar refractivity (Wildman–Crippen MR) is 40.9 cm³/mol. The molecular weight excluding hydrogens is 128 g/mol. The van der Waals surface area contributed by atoms with Gasteiger partial charge in [-0.25, -0.2) is 0 Å². The van der Waals surface area contributed by atoms with Crippen molar-refractivity contribution in [3.05, 3.63) is 0 Å². The maximum Gasteiger partial charge on any atom is 0.135 e. The van der Waals surface area contributed by atoms with E-state index in [1.807, 2.05) is 11.9 Å². The average molecular weight is 142 g/mol. The van der Waals surface area contributed by atoms with Crippen LogP contribution in [0.3, 0.4) is 0 Å². The van der Waals surface area contributed by atoms with Gasteiger partial charge in [-0.05, 0) is 13.3 Å². The molecule has 0 atom stereocenters. The maximum absolute atomic E-state index is 5.12. The Morgan fingerprint density at radius 1 is 1.70 bits per heavy atom. The second-order valence-corrected chi connectivity index (χ2v) is 2.46. The van der Waals surface area contributed by atoms with Crippen LogP contribution in [0, 0.1) is 0 Å². The standard InChI is InChI=1S/C7H14N2O/c1-3-7(2)8-9-4-5-10-6-9/h3-6H2,1-2H3/b8-7-.